The molecule has 0 unspecified atom stereocenters. The number of benzene rings is 1. The van der Waals surface area contributed by atoms with Gasteiger partial charge in [-0.25, -0.2) is 0 Å². The minimum absolute atomic E-state index is 0.0187. The lowest BCUT2D eigenvalue weighted by molar-refractivity contribution is -0.147. The van der Waals surface area contributed by atoms with Crippen molar-refractivity contribution in [3.63, 3.8) is 0 Å². The fraction of sp³-hybridized carbons (Fsp3) is 0.500. The highest BCUT2D eigenvalue weighted by Crippen LogP contribution is 2.32. The Bertz CT molecular complexity index is 456. The number of esters is 1. The monoisotopic (exact) mass is 346 g/mol. The van der Waals surface area contributed by atoms with Crippen LogP contribution in [-0.4, -0.2) is 19.2 Å². The van der Waals surface area contributed by atoms with E-state index in [9.17, 15) is 4.79 Å². The van der Waals surface area contributed by atoms with Crippen LogP contribution in [0.4, 0.5) is 0 Å². The number of ether oxygens (including phenoxy) is 2. The lowest BCUT2D eigenvalue weighted by atomic mass is 9.87. The molecule has 19 heavy (non-hydrogen) atoms. The molecule has 1 saturated carbocycles. The number of hydrogen-bond acceptors (Lipinski definition) is 3. The molecule has 1 fully saturated rings. The molecule has 1 aliphatic rings. The molecule has 1 aliphatic carbocycles. The Morgan fingerprint density at radius 1 is 1.32 bits per heavy atom. The quantitative estimate of drug-likeness (QED) is 0.768. The van der Waals surface area contributed by atoms with Crippen molar-refractivity contribution in [3.05, 3.63) is 27.7 Å². The van der Waals surface area contributed by atoms with Gasteiger partial charge in [0.1, 0.15) is 5.75 Å². The van der Waals surface area contributed by atoms with E-state index in [2.05, 4.69) is 15.9 Å². The molecule has 2 rings (SSSR count). The lowest BCUT2D eigenvalue weighted by Crippen LogP contribution is -2.28. The van der Waals surface area contributed by atoms with Gasteiger partial charge in [0, 0.05) is 4.47 Å². The first-order valence-electron chi connectivity index (χ1n) is 6.29. The molecule has 0 aliphatic heterocycles. The maximum Gasteiger partial charge on any atom is 0.308 e. The fourth-order valence-electron chi connectivity index (χ4n) is 2.33. The topological polar surface area (TPSA) is 35.5 Å². The predicted molar refractivity (Wildman–Crippen MR) is 77.5 cm³/mol. The van der Waals surface area contributed by atoms with Gasteiger partial charge in [0.2, 0.25) is 0 Å². The minimum Gasteiger partial charge on any atom is -0.489 e. The highest BCUT2D eigenvalue weighted by Gasteiger charge is 2.28. The molecule has 0 radical (unpaired) electrons. The van der Waals surface area contributed by atoms with Crippen LogP contribution in [0.3, 0.4) is 0 Å². The van der Waals surface area contributed by atoms with E-state index in [-0.39, 0.29) is 18.0 Å². The van der Waals surface area contributed by atoms with Crippen molar-refractivity contribution in [1.29, 1.82) is 0 Å². The van der Waals surface area contributed by atoms with Crippen LogP contribution in [0.2, 0.25) is 5.02 Å². The molecule has 3 nitrogen and oxygen atoms in total. The predicted octanol–water partition coefficient (Wildman–Crippen LogP) is 4.21. The molecule has 0 amide bonds. The van der Waals surface area contributed by atoms with Gasteiger partial charge in [-0.2, -0.15) is 0 Å². The standard InChI is InChI=1S/C14H16BrClO3/c1-18-14(17)9-2-5-11(6-3-9)19-13-7-4-10(15)8-12(13)16/h4,7-9,11H,2-3,5-6H2,1H3/t9-,11+. The van der Waals surface area contributed by atoms with Gasteiger partial charge >= 0.3 is 5.97 Å². The van der Waals surface area contributed by atoms with E-state index >= 15 is 0 Å². The second-order valence-electron chi connectivity index (χ2n) is 4.69. The summed E-state index contributed by atoms with van der Waals surface area (Å²) in [6.07, 6.45) is 3.45. The third-order valence-corrected chi connectivity index (χ3v) is 4.18. The molecular weight excluding hydrogens is 332 g/mol. The summed E-state index contributed by atoms with van der Waals surface area (Å²) in [4.78, 5) is 11.4. The normalized spacial score (nSPS) is 22.9. The summed E-state index contributed by atoms with van der Waals surface area (Å²) < 4.78 is 11.6. The number of rotatable bonds is 3. The van der Waals surface area contributed by atoms with Crippen LogP contribution >= 0.6 is 27.5 Å². The molecule has 0 saturated heterocycles. The van der Waals surface area contributed by atoms with Crippen molar-refractivity contribution >= 4 is 33.5 Å². The molecule has 1 aromatic rings. The van der Waals surface area contributed by atoms with Crippen LogP contribution in [-0.2, 0) is 9.53 Å². The van der Waals surface area contributed by atoms with Crippen LogP contribution in [0.1, 0.15) is 25.7 Å². The van der Waals surface area contributed by atoms with Crippen molar-refractivity contribution in [2.45, 2.75) is 31.8 Å². The largest absolute Gasteiger partial charge is 0.489 e. The SMILES string of the molecule is COC(=O)[C@H]1CC[C@@H](Oc2ccc(Br)cc2Cl)CC1. The van der Waals surface area contributed by atoms with Crippen LogP contribution in [0.5, 0.6) is 5.75 Å². The van der Waals surface area contributed by atoms with E-state index in [1.165, 1.54) is 7.11 Å². The Labute approximate surface area is 126 Å². The van der Waals surface area contributed by atoms with E-state index < -0.39 is 0 Å². The zero-order chi connectivity index (χ0) is 13.8. The van der Waals surface area contributed by atoms with Crippen molar-refractivity contribution < 1.29 is 14.3 Å². The number of hydrogen-bond donors (Lipinski definition) is 0. The number of carbonyl (C=O) groups is 1. The summed E-state index contributed by atoms with van der Waals surface area (Å²) in [6, 6.07) is 5.58. The average molecular weight is 348 g/mol. The Hall–Kier alpha value is -0.740. The van der Waals surface area contributed by atoms with Gasteiger partial charge in [-0.05, 0) is 43.9 Å². The Morgan fingerprint density at radius 2 is 2.00 bits per heavy atom. The van der Waals surface area contributed by atoms with Gasteiger partial charge in [-0.1, -0.05) is 27.5 Å². The molecule has 104 valence electrons. The van der Waals surface area contributed by atoms with E-state index in [1.54, 1.807) is 0 Å². The van der Waals surface area contributed by atoms with Crippen LogP contribution < -0.4 is 4.74 Å². The molecule has 0 spiro atoms. The van der Waals surface area contributed by atoms with Crippen LogP contribution in [0.15, 0.2) is 22.7 Å². The number of halogens is 2. The van der Waals surface area contributed by atoms with Crippen molar-refractivity contribution in [2.24, 2.45) is 5.92 Å². The van der Waals surface area contributed by atoms with Gasteiger partial charge in [-0.3, -0.25) is 4.79 Å². The second-order valence-corrected chi connectivity index (χ2v) is 6.01. The highest BCUT2D eigenvalue weighted by atomic mass is 79.9. The van der Waals surface area contributed by atoms with Gasteiger partial charge < -0.3 is 9.47 Å². The minimum atomic E-state index is -0.111. The molecular formula is C14H16BrClO3. The molecule has 0 N–H and O–H groups in total. The van der Waals surface area contributed by atoms with Crippen LogP contribution in [0.25, 0.3) is 0 Å². The highest BCUT2D eigenvalue weighted by molar-refractivity contribution is 9.10. The van der Waals surface area contributed by atoms with E-state index in [0.717, 1.165) is 30.2 Å². The van der Waals surface area contributed by atoms with Gasteiger partial charge in [-0.15, -0.1) is 0 Å². The van der Waals surface area contributed by atoms with Gasteiger partial charge in [0.25, 0.3) is 0 Å². The smallest absolute Gasteiger partial charge is 0.308 e. The van der Waals surface area contributed by atoms with E-state index in [1.807, 2.05) is 18.2 Å². The number of methoxy groups -OCH3 is 1. The summed E-state index contributed by atoms with van der Waals surface area (Å²) in [5.41, 5.74) is 0. The molecule has 0 heterocycles. The zero-order valence-corrected chi connectivity index (χ0v) is 13.0. The first kappa shape index (κ1) is 14.7. The summed E-state index contributed by atoms with van der Waals surface area (Å²) in [6.45, 7) is 0. The maximum absolute atomic E-state index is 11.4. The van der Waals surface area contributed by atoms with Gasteiger partial charge in [0.05, 0.1) is 24.2 Å². The summed E-state index contributed by atoms with van der Waals surface area (Å²) in [5, 5.41) is 0.601. The first-order chi connectivity index (χ1) is 9.10. The van der Waals surface area contributed by atoms with Gasteiger partial charge in [0.15, 0.2) is 0 Å². The molecule has 0 aromatic heterocycles. The molecule has 5 heteroatoms. The fourth-order valence-corrected chi connectivity index (χ4v) is 3.05. The van der Waals surface area contributed by atoms with E-state index in [4.69, 9.17) is 21.1 Å². The van der Waals surface area contributed by atoms with Crippen molar-refractivity contribution in [3.8, 4) is 5.75 Å². The summed E-state index contributed by atoms with van der Waals surface area (Å²) in [7, 11) is 1.44. The molecule has 1 aromatic carbocycles. The number of carbonyl (C=O) groups excluding carboxylic acids is 1. The van der Waals surface area contributed by atoms with Crippen molar-refractivity contribution in [2.75, 3.05) is 7.11 Å². The maximum atomic E-state index is 11.4. The first-order valence-corrected chi connectivity index (χ1v) is 7.46. The zero-order valence-electron chi connectivity index (χ0n) is 10.7. The average Bonchev–Trinajstić information content (AvgIpc) is 2.42. The molecule has 0 atom stereocenters. The third kappa shape index (κ3) is 3.86. The van der Waals surface area contributed by atoms with E-state index in [0.29, 0.717) is 10.8 Å². The third-order valence-electron chi connectivity index (χ3n) is 3.40. The van der Waals surface area contributed by atoms with Crippen LogP contribution in [0, 0.1) is 5.92 Å². The van der Waals surface area contributed by atoms with Crippen molar-refractivity contribution in [1.82, 2.24) is 0 Å². The molecule has 0 bridgehead atoms. The lowest BCUT2D eigenvalue weighted by Gasteiger charge is -2.27. The summed E-state index contributed by atoms with van der Waals surface area (Å²) >= 11 is 9.48. The Kier molecular flexibility index (Phi) is 5.11. The summed E-state index contributed by atoms with van der Waals surface area (Å²) in [5.74, 6) is 0.608. The Morgan fingerprint density at radius 3 is 2.58 bits per heavy atom. The second kappa shape index (κ2) is 6.62. The Balaban J connectivity index is 1.90.